The van der Waals surface area contributed by atoms with Crippen LogP contribution in [-0.2, 0) is 26.3 Å². The molecule has 170 valence electrons. The summed E-state index contributed by atoms with van der Waals surface area (Å²) in [5, 5.41) is 14.1. The number of benzene rings is 1. The summed E-state index contributed by atoms with van der Waals surface area (Å²) in [6.07, 6.45) is -2.90. The first kappa shape index (κ1) is 24.2. The minimum absolute atomic E-state index is 0.0444. The zero-order valence-electron chi connectivity index (χ0n) is 18.5. The molecule has 0 radical (unpaired) electrons. The number of halogens is 3. The molecule has 1 aromatic heterocycles. The van der Waals surface area contributed by atoms with Crippen molar-refractivity contribution < 1.29 is 17.9 Å². The molecule has 0 unspecified atom stereocenters. The van der Waals surface area contributed by atoms with Crippen molar-refractivity contribution in [2.24, 2.45) is 12.0 Å². The Balaban J connectivity index is 2.24. The number of guanidine groups is 1. The molecule has 0 saturated carbocycles. The molecule has 0 aliphatic carbocycles. The van der Waals surface area contributed by atoms with Gasteiger partial charge in [-0.2, -0.15) is 13.2 Å². The predicted octanol–water partition coefficient (Wildman–Crippen LogP) is 3.74. The van der Waals surface area contributed by atoms with Gasteiger partial charge in [-0.25, -0.2) is 4.99 Å². The number of ether oxygens (including phenoxy) is 1. The summed E-state index contributed by atoms with van der Waals surface area (Å²) in [5.74, 6) is 1.92. The highest BCUT2D eigenvalue weighted by atomic mass is 19.4. The molecule has 0 amide bonds. The van der Waals surface area contributed by atoms with Crippen molar-refractivity contribution in [3.05, 3.63) is 53.6 Å². The predicted molar refractivity (Wildman–Crippen MR) is 114 cm³/mol. The van der Waals surface area contributed by atoms with Crippen molar-refractivity contribution in [1.29, 1.82) is 0 Å². The van der Waals surface area contributed by atoms with Crippen LogP contribution in [0.3, 0.4) is 0 Å². The van der Waals surface area contributed by atoms with Crippen molar-refractivity contribution in [2.45, 2.75) is 52.6 Å². The van der Waals surface area contributed by atoms with E-state index in [1.54, 1.807) is 26.8 Å². The Morgan fingerprint density at radius 1 is 1.23 bits per heavy atom. The highest BCUT2D eigenvalue weighted by Gasteiger charge is 2.34. The largest absolute Gasteiger partial charge is 0.488 e. The lowest BCUT2D eigenvalue weighted by molar-refractivity contribution is -0.138. The van der Waals surface area contributed by atoms with Crippen LogP contribution < -0.4 is 15.4 Å². The second-order valence-corrected chi connectivity index (χ2v) is 7.94. The van der Waals surface area contributed by atoms with Gasteiger partial charge in [0.2, 0.25) is 0 Å². The zero-order valence-corrected chi connectivity index (χ0v) is 18.5. The molecule has 1 heterocycles. The summed E-state index contributed by atoms with van der Waals surface area (Å²) >= 11 is 0. The molecule has 0 aliphatic heterocycles. The van der Waals surface area contributed by atoms with Gasteiger partial charge >= 0.3 is 6.18 Å². The number of aliphatic imine (C=N–C) groups is 1. The van der Waals surface area contributed by atoms with E-state index in [9.17, 15) is 13.2 Å². The standard InChI is InChI=1S/C21H29F3N6O/c1-7-10-25-19(27-13-18-29-28-14(2)30(18)6)26-12-15-8-9-16(31-20(3,4)5)11-17(15)21(22,23)24/h7-9,11H,1,10,12-13H2,2-6H3,(H2,25,26,27). The van der Waals surface area contributed by atoms with Gasteiger partial charge in [-0.1, -0.05) is 12.1 Å². The molecule has 2 N–H and O–H groups in total. The van der Waals surface area contributed by atoms with Gasteiger partial charge in [0.05, 0.1) is 18.7 Å². The Bertz CT molecular complexity index is 928. The Hall–Kier alpha value is -3.04. The fourth-order valence-electron chi connectivity index (χ4n) is 2.65. The molecule has 1 aromatic carbocycles. The first-order valence-electron chi connectivity index (χ1n) is 9.78. The summed E-state index contributed by atoms with van der Waals surface area (Å²) < 4.78 is 48.3. The van der Waals surface area contributed by atoms with Gasteiger partial charge < -0.3 is 19.9 Å². The minimum atomic E-state index is -4.53. The topological polar surface area (TPSA) is 76.4 Å². The molecule has 10 heteroatoms. The number of hydrogen-bond acceptors (Lipinski definition) is 4. The lowest BCUT2D eigenvalue weighted by atomic mass is 10.1. The van der Waals surface area contributed by atoms with E-state index in [1.807, 2.05) is 18.5 Å². The summed E-state index contributed by atoms with van der Waals surface area (Å²) in [5.41, 5.74) is -1.33. The number of alkyl halides is 3. The summed E-state index contributed by atoms with van der Waals surface area (Å²) in [4.78, 5) is 4.31. The van der Waals surface area contributed by atoms with Crippen molar-refractivity contribution in [3.8, 4) is 5.75 Å². The Morgan fingerprint density at radius 2 is 1.94 bits per heavy atom. The first-order chi connectivity index (χ1) is 14.4. The molecular weight excluding hydrogens is 409 g/mol. The molecule has 2 rings (SSSR count). The summed E-state index contributed by atoms with van der Waals surface area (Å²) in [6, 6.07) is 3.94. The van der Waals surface area contributed by atoms with Crippen molar-refractivity contribution >= 4 is 5.96 Å². The second-order valence-electron chi connectivity index (χ2n) is 7.94. The maximum atomic E-state index is 13.6. The highest BCUT2D eigenvalue weighted by Crippen LogP contribution is 2.35. The van der Waals surface area contributed by atoms with Crippen molar-refractivity contribution in [1.82, 2.24) is 25.4 Å². The molecule has 0 aliphatic rings. The van der Waals surface area contributed by atoms with E-state index in [-0.39, 0.29) is 17.9 Å². The summed E-state index contributed by atoms with van der Waals surface area (Å²) in [7, 11) is 1.83. The maximum absolute atomic E-state index is 13.6. The van der Waals surface area contributed by atoms with E-state index < -0.39 is 17.3 Å². The number of rotatable bonds is 7. The average Bonchev–Trinajstić information content (AvgIpc) is 2.98. The van der Waals surface area contributed by atoms with E-state index in [0.29, 0.717) is 24.9 Å². The number of hydrogen-bond donors (Lipinski definition) is 2. The highest BCUT2D eigenvalue weighted by molar-refractivity contribution is 5.79. The number of nitrogens with zero attached hydrogens (tertiary/aromatic N) is 4. The van der Waals surface area contributed by atoms with E-state index in [4.69, 9.17) is 4.74 Å². The van der Waals surface area contributed by atoms with E-state index in [1.165, 1.54) is 12.1 Å². The molecule has 0 fully saturated rings. The number of nitrogens with one attached hydrogen (secondary N) is 2. The SMILES string of the molecule is C=CCNC(=NCc1ccc(OC(C)(C)C)cc1C(F)(F)F)NCc1nnc(C)n1C. The minimum Gasteiger partial charge on any atom is -0.488 e. The van der Waals surface area contributed by atoms with Crippen LogP contribution in [0.1, 0.15) is 43.5 Å². The monoisotopic (exact) mass is 438 g/mol. The molecule has 0 spiro atoms. The lowest BCUT2D eigenvalue weighted by Crippen LogP contribution is -2.37. The van der Waals surface area contributed by atoms with Crippen LogP contribution >= 0.6 is 0 Å². The van der Waals surface area contributed by atoms with Crippen LogP contribution in [0.2, 0.25) is 0 Å². The smallest absolute Gasteiger partial charge is 0.416 e. The molecule has 2 aromatic rings. The van der Waals surface area contributed by atoms with Crippen molar-refractivity contribution in [3.63, 3.8) is 0 Å². The molecular formula is C21H29F3N6O. The van der Waals surface area contributed by atoms with E-state index in [0.717, 1.165) is 11.9 Å². The van der Waals surface area contributed by atoms with Gasteiger partial charge in [-0.15, -0.1) is 16.8 Å². The van der Waals surface area contributed by atoms with Gasteiger partial charge in [0.1, 0.15) is 17.2 Å². The Morgan fingerprint density at radius 3 is 2.48 bits per heavy atom. The summed E-state index contributed by atoms with van der Waals surface area (Å²) in [6.45, 7) is 11.3. The molecule has 31 heavy (non-hydrogen) atoms. The molecule has 0 atom stereocenters. The van der Waals surface area contributed by atoms with Crippen LogP contribution in [0.4, 0.5) is 13.2 Å². The van der Waals surface area contributed by atoms with E-state index >= 15 is 0 Å². The van der Waals surface area contributed by atoms with Crippen LogP contribution in [0.25, 0.3) is 0 Å². The van der Waals surface area contributed by atoms with Gasteiger partial charge in [-0.05, 0) is 45.4 Å². The van der Waals surface area contributed by atoms with Gasteiger partial charge in [0.25, 0.3) is 0 Å². The Labute approximate surface area is 180 Å². The second kappa shape index (κ2) is 9.84. The van der Waals surface area contributed by atoms with Crippen LogP contribution in [-0.4, -0.2) is 32.9 Å². The van der Waals surface area contributed by atoms with Gasteiger partial charge in [0, 0.05) is 13.6 Å². The van der Waals surface area contributed by atoms with Gasteiger partial charge in [0.15, 0.2) is 11.8 Å². The average molecular weight is 438 g/mol. The number of aryl methyl sites for hydroxylation is 1. The number of aromatic nitrogens is 3. The maximum Gasteiger partial charge on any atom is 0.416 e. The van der Waals surface area contributed by atoms with Gasteiger partial charge in [-0.3, -0.25) is 0 Å². The third kappa shape index (κ3) is 7.30. The van der Waals surface area contributed by atoms with Crippen molar-refractivity contribution in [2.75, 3.05) is 6.54 Å². The molecule has 7 nitrogen and oxygen atoms in total. The third-order valence-electron chi connectivity index (χ3n) is 4.23. The van der Waals surface area contributed by atoms with E-state index in [2.05, 4.69) is 32.4 Å². The molecule has 0 bridgehead atoms. The Kier molecular flexibility index (Phi) is 7.70. The van der Waals surface area contributed by atoms with Crippen LogP contribution in [0, 0.1) is 6.92 Å². The quantitative estimate of drug-likeness (QED) is 0.391. The first-order valence-corrected chi connectivity index (χ1v) is 9.78. The zero-order chi connectivity index (χ0) is 23.2. The fourth-order valence-corrected chi connectivity index (χ4v) is 2.65. The third-order valence-corrected chi connectivity index (χ3v) is 4.23. The normalized spacial score (nSPS) is 12.6. The van der Waals surface area contributed by atoms with Crippen LogP contribution in [0.15, 0.2) is 35.8 Å². The molecule has 0 saturated heterocycles. The fraction of sp³-hybridized carbons (Fsp3) is 0.476. The van der Waals surface area contributed by atoms with Crippen LogP contribution in [0.5, 0.6) is 5.75 Å². The lowest BCUT2D eigenvalue weighted by Gasteiger charge is -2.22.